The number of benzene rings is 2. The average Bonchev–Trinajstić information content (AvgIpc) is 2.88. The van der Waals surface area contributed by atoms with E-state index in [0.29, 0.717) is 29.7 Å². The molecule has 4 rings (SSSR count). The van der Waals surface area contributed by atoms with Crippen molar-refractivity contribution in [1.29, 1.82) is 0 Å². The second kappa shape index (κ2) is 11.8. The zero-order valence-corrected chi connectivity index (χ0v) is 20.3. The van der Waals surface area contributed by atoms with Crippen LogP contribution in [0.25, 0.3) is 11.3 Å². The fourth-order valence-corrected chi connectivity index (χ4v) is 4.33. The van der Waals surface area contributed by atoms with Crippen molar-refractivity contribution in [2.45, 2.75) is 63.0 Å². The minimum atomic E-state index is -4.85. The molecule has 1 fully saturated rings. The lowest BCUT2D eigenvalue weighted by Gasteiger charge is -2.27. The van der Waals surface area contributed by atoms with E-state index in [-0.39, 0.29) is 29.7 Å². The molecule has 1 unspecified atom stereocenters. The van der Waals surface area contributed by atoms with E-state index >= 15 is 0 Å². The molecule has 2 aromatic carbocycles. The Morgan fingerprint density at radius 2 is 1.76 bits per heavy atom. The highest BCUT2D eigenvalue weighted by Crippen LogP contribution is 2.41. The number of carbonyl (C=O) groups is 1. The van der Waals surface area contributed by atoms with Crippen LogP contribution in [0.5, 0.6) is 11.6 Å². The molecule has 11 heteroatoms. The van der Waals surface area contributed by atoms with Gasteiger partial charge in [-0.2, -0.15) is 13.2 Å². The molecule has 0 aliphatic heterocycles. The molecule has 0 radical (unpaired) electrons. The van der Waals surface area contributed by atoms with Crippen LogP contribution in [0.3, 0.4) is 0 Å². The Bertz CT molecular complexity index is 1250. The number of rotatable bonds is 9. The third-order valence-electron chi connectivity index (χ3n) is 6.30. The standard InChI is InChI=1S/C27H27F4N3O4/c28-18-10-11-20(23(13-18)37-19-4-2-1-3-5-19)25(27(29,30)31)38-24-14-22(33-15-34-24)17-8-6-16(7-9-17)12-21(32)26(35)36/h6-11,13-15,19,21,25H,1-5,12,32H2,(H,35,36)/t21-,25?/m0/s1. The third kappa shape index (κ3) is 6.97. The molecule has 3 N–H and O–H groups in total. The van der Waals surface area contributed by atoms with Crippen molar-refractivity contribution in [3.05, 3.63) is 71.8 Å². The van der Waals surface area contributed by atoms with Gasteiger partial charge in [-0.1, -0.05) is 30.7 Å². The number of ether oxygens (including phenoxy) is 2. The highest BCUT2D eigenvalue weighted by molar-refractivity contribution is 5.73. The van der Waals surface area contributed by atoms with Crippen molar-refractivity contribution < 1.29 is 36.9 Å². The molecule has 7 nitrogen and oxygen atoms in total. The van der Waals surface area contributed by atoms with Crippen molar-refractivity contribution in [3.8, 4) is 22.9 Å². The Kier molecular flexibility index (Phi) is 8.45. The number of nitrogens with two attached hydrogens (primary N) is 1. The van der Waals surface area contributed by atoms with Crippen LogP contribution in [0.4, 0.5) is 17.6 Å². The number of halogens is 4. The molecule has 2 atom stereocenters. The molecule has 1 heterocycles. The van der Waals surface area contributed by atoms with Crippen LogP contribution in [0, 0.1) is 5.82 Å². The summed E-state index contributed by atoms with van der Waals surface area (Å²) in [5, 5.41) is 8.97. The Balaban J connectivity index is 1.58. The van der Waals surface area contributed by atoms with E-state index in [1.54, 1.807) is 24.3 Å². The van der Waals surface area contributed by atoms with E-state index in [1.807, 2.05) is 0 Å². The van der Waals surface area contributed by atoms with Gasteiger partial charge in [-0.05, 0) is 49.8 Å². The first-order valence-electron chi connectivity index (χ1n) is 12.2. The van der Waals surface area contributed by atoms with Crippen LogP contribution < -0.4 is 15.2 Å². The molecule has 1 saturated carbocycles. The van der Waals surface area contributed by atoms with Crippen LogP contribution in [-0.2, 0) is 11.2 Å². The largest absolute Gasteiger partial charge is 0.490 e. The molecule has 3 aromatic rings. The molecule has 0 bridgehead atoms. The first-order valence-corrected chi connectivity index (χ1v) is 12.2. The molecule has 38 heavy (non-hydrogen) atoms. The van der Waals surface area contributed by atoms with Crippen LogP contribution in [0.2, 0.25) is 0 Å². The van der Waals surface area contributed by atoms with E-state index in [9.17, 15) is 22.4 Å². The summed E-state index contributed by atoms with van der Waals surface area (Å²) >= 11 is 0. The highest BCUT2D eigenvalue weighted by Gasteiger charge is 2.45. The summed E-state index contributed by atoms with van der Waals surface area (Å²) in [4.78, 5) is 18.9. The highest BCUT2D eigenvalue weighted by atomic mass is 19.4. The smallest absolute Gasteiger partial charge is 0.429 e. The Hall–Kier alpha value is -3.73. The van der Waals surface area contributed by atoms with Crippen LogP contribution >= 0.6 is 0 Å². The minimum absolute atomic E-state index is 0.115. The van der Waals surface area contributed by atoms with Crippen molar-refractivity contribution >= 4 is 5.97 Å². The fourth-order valence-electron chi connectivity index (χ4n) is 4.33. The number of alkyl halides is 3. The predicted molar refractivity (Wildman–Crippen MR) is 130 cm³/mol. The van der Waals surface area contributed by atoms with E-state index in [4.69, 9.17) is 20.3 Å². The quantitative estimate of drug-likeness (QED) is 0.343. The second-order valence-electron chi connectivity index (χ2n) is 9.19. The predicted octanol–water partition coefficient (Wildman–Crippen LogP) is 5.63. The molecule has 1 aliphatic carbocycles. The summed E-state index contributed by atoms with van der Waals surface area (Å²) in [6, 6.07) is 9.73. The summed E-state index contributed by atoms with van der Waals surface area (Å²) in [5.74, 6) is -2.37. The molecular formula is C27H27F4N3O4. The average molecular weight is 534 g/mol. The summed E-state index contributed by atoms with van der Waals surface area (Å²) in [6.07, 6.45) is -2.22. The summed E-state index contributed by atoms with van der Waals surface area (Å²) in [5.41, 5.74) is 6.74. The molecular weight excluding hydrogens is 506 g/mol. The van der Waals surface area contributed by atoms with E-state index in [1.165, 1.54) is 6.07 Å². The third-order valence-corrected chi connectivity index (χ3v) is 6.30. The van der Waals surface area contributed by atoms with Gasteiger partial charge < -0.3 is 20.3 Å². The van der Waals surface area contributed by atoms with Gasteiger partial charge >= 0.3 is 12.1 Å². The zero-order valence-electron chi connectivity index (χ0n) is 20.3. The van der Waals surface area contributed by atoms with Gasteiger partial charge in [-0.25, -0.2) is 14.4 Å². The van der Waals surface area contributed by atoms with Gasteiger partial charge in [-0.15, -0.1) is 0 Å². The molecule has 0 spiro atoms. The Morgan fingerprint density at radius 3 is 2.42 bits per heavy atom. The van der Waals surface area contributed by atoms with Crippen LogP contribution in [-0.4, -0.2) is 39.4 Å². The number of carboxylic acids is 1. The lowest BCUT2D eigenvalue weighted by atomic mass is 9.97. The normalized spacial score (nSPS) is 16.0. The van der Waals surface area contributed by atoms with Gasteiger partial charge in [0, 0.05) is 23.3 Å². The van der Waals surface area contributed by atoms with E-state index < -0.39 is 30.1 Å². The summed E-state index contributed by atoms with van der Waals surface area (Å²) in [7, 11) is 0. The van der Waals surface area contributed by atoms with Crippen LogP contribution in [0.1, 0.15) is 49.3 Å². The van der Waals surface area contributed by atoms with Crippen molar-refractivity contribution in [1.82, 2.24) is 9.97 Å². The first kappa shape index (κ1) is 27.3. The molecule has 1 aromatic heterocycles. The lowest BCUT2D eigenvalue weighted by molar-refractivity contribution is -0.199. The SMILES string of the molecule is N[C@@H](Cc1ccc(-c2cc(OC(c3ccc(F)cc3OC3CCCCC3)C(F)(F)F)ncn2)cc1)C(=O)O. The second-order valence-corrected chi connectivity index (χ2v) is 9.19. The fraction of sp³-hybridized carbons (Fsp3) is 0.370. The Morgan fingerprint density at radius 1 is 1.05 bits per heavy atom. The van der Waals surface area contributed by atoms with Gasteiger partial charge in [0.2, 0.25) is 12.0 Å². The molecule has 0 amide bonds. The maximum Gasteiger partial charge on any atom is 0.429 e. The van der Waals surface area contributed by atoms with Gasteiger partial charge in [0.1, 0.15) is 23.9 Å². The van der Waals surface area contributed by atoms with E-state index in [2.05, 4.69) is 9.97 Å². The number of carboxylic acid groups (broad SMARTS) is 1. The van der Waals surface area contributed by atoms with Gasteiger partial charge in [0.25, 0.3) is 0 Å². The molecule has 1 aliphatic rings. The maximum atomic E-state index is 14.2. The monoisotopic (exact) mass is 533 g/mol. The molecule has 0 saturated heterocycles. The zero-order chi connectivity index (χ0) is 27.3. The van der Waals surface area contributed by atoms with Crippen LogP contribution in [0.15, 0.2) is 54.9 Å². The van der Waals surface area contributed by atoms with Crippen molar-refractivity contribution in [3.63, 3.8) is 0 Å². The minimum Gasteiger partial charge on any atom is -0.490 e. The van der Waals surface area contributed by atoms with Gasteiger partial charge in [-0.3, -0.25) is 4.79 Å². The topological polar surface area (TPSA) is 108 Å². The maximum absolute atomic E-state index is 14.2. The summed E-state index contributed by atoms with van der Waals surface area (Å²) in [6.45, 7) is 0. The number of nitrogens with zero attached hydrogens (tertiary/aromatic N) is 2. The van der Waals surface area contributed by atoms with E-state index in [0.717, 1.165) is 43.8 Å². The lowest BCUT2D eigenvalue weighted by Crippen LogP contribution is -2.32. The number of hydrogen-bond donors (Lipinski definition) is 2. The van der Waals surface area contributed by atoms with Gasteiger partial charge in [0.15, 0.2) is 0 Å². The van der Waals surface area contributed by atoms with Crippen molar-refractivity contribution in [2.24, 2.45) is 5.73 Å². The first-order chi connectivity index (χ1) is 18.1. The number of aliphatic carboxylic acids is 1. The Labute approximate surface area is 216 Å². The number of aromatic nitrogens is 2. The number of hydrogen-bond acceptors (Lipinski definition) is 6. The molecule has 202 valence electrons. The van der Waals surface area contributed by atoms with Crippen molar-refractivity contribution in [2.75, 3.05) is 0 Å². The van der Waals surface area contributed by atoms with Gasteiger partial charge in [0.05, 0.1) is 11.8 Å². The summed E-state index contributed by atoms with van der Waals surface area (Å²) < 4.78 is 67.8.